The number of hydrogen-bond donors (Lipinski definition) is 0. The molecule has 2 aromatic rings. The SMILES string of the molecule is CC(C)(C)C1=C(C(C)(C)C)C1=C1c2cc3ccccc3cc21. The maximum Gasteiger partial charge on any atom is -0.00198 e. The van der Waals surface area contributed by atoms with Crippen molar-refractivity contribution in [2.75, 3.05) is 0 Å². The number of fused-ring (bicyclic) bond motifs is 2. The fraction of sp³-hybridized carbons (Fsp3) is 0.364. The lowest BCUT2D eigenvalue weighted by Crippen LogP contribution is -2.04. The van der Waals surface area contributed by atoms with Crippen LogP contribution < -0.4 is 0 Å². The maximum atomic E-state index is 2.37. The summed E-state index contributed by atoms with van der Waals surface area (Å²) in [5.74, 6) is 0. The maximum absolute atomic E-state index is 2.37. The van der Waals surface area contributed by atoms with E-state index in [-0.39, 0.29) is 10.8 Å². The van der Waals surface area contributed by atoms with Gasteiger partial charge >= 0.3 is 0 Å². The molecule has 0 aromatic heterocycles. The molecule has 112 valence electrons. The van der Waals surface area contributed by atoms with Crippen LogP contribution in [-0.2, 0) is 0 Å². The van der Waals surface area contributed by atoms with Crippen LogP contribution in [0.15, 0.2) is 53.1 Å². The summed E-state index contributed by atoms with van der Waals surface area (Å²) in [7, 11) is 0. The van der Waals surface area contributed by atoms with E-state index in [9.17, 15) is 0 Å². The highest BCUT2D eigenvalue weighted by atomic mass is 14.5. The molecule has 2 aliphatic carbocycles. The third-order valence-corrected chi connectivity index (χ3v) is 4.80. The molecule has 0 saturated heterocycles. The Morgan fingerprint density at radius 1 is 0.591 bits per heavy atom. The highest BCUT2D eigenvalue weighted by molar-refractivity contribution is 6.12. The van der Waals surface area contributed by atoms with Crippen LogP contribution in [0.2, 0.25) is 0 Å². The molecule has 0 unspecified atom stereocenters. The summed E-state index contributed by atoms with van der Waals surface area (Å²) in [6.07, 6.45) is 0. The lowest BCUT2D eigenvalue weighted by molar-refractivity contribution is 0.502. The van der Waals surface area contributed by atoms with Crippen molar-refractivity contribution in [3.05, 3.63) is 64.2 Å². The largest absolute Gasteiger partial charge is 0.0616 e. The van der Waals surface area contributed by atoms with Gasteiger partial charge in [-0.1, -0.05) is 65.8 Å². The molecule has 0 atom stereocenters. The summed E-state index contributed by atoms with van der Waals surface area (Å²) < 4.78 is 0. The minimum atomic E-state index is 0.241. The van der Waals surface area contributed by atoms with Crippen molar-refractivity contribution < 1.29 is 0 Å². The van der Waals surface area contributed by atoms with E-state index < -0.39 is 0 Å². The van der Waals surface area contributed by atoms with E-state index in [2.05, 4.69) is 77.9 Å². The van der Waals surface area contributed by atoms with Crippen LogP contribution in [0.5, 0.6) is 0 Å². The van der Waals surface area contributed by atoms with E-state index in [1.54, 1.807) is 16.7 Å². The average molecular weight is 288 g/mol. The zero-order chi connectivity index (χ0) is 15.9. The van der Waals surface area contributed by atoms with Gasteiger partial charge in [0.25, 0.3) is 0 Å². The summed E-state index contributed by atoms with van der Waals surface area (Å²) in [6.45, 7) is 14.0. The second-order valence-electron chi connectivity index (χ2n) is 8.74. The lowest BCUT2D eigenvalue weighted by atomic mass is 9.89. The van der Waals surface area contributed by atoms with Crippen molar-refractivity contribution in [3.63, 3.8) is 0 Å². The first-order chi connectivity index (χ1) is 10.2. The van der Waals surface area contributed by atoms with E-state index in [0.717, 1.165) is 0 Å². The van der Waals surface area contributed by atoms with Crippen LogP contribution >= 0.6 is 0 Å². The first-order valence-electron chi connectivity index (χ1n) is 8.23. The zero-order valence-electron chi connectivity index (χ0n) is 14.5. The van der Waals surface area contributed by atoms with Crippen molar-refractivity contribution in [2.45, 2.75) is 41.5 Å². The Labute approximate surface area is 133 Å². The minimum Gasteiger partial charge on any atom is -0.0616 e. The minimum absolute atomic E-state index is 0.241. The molecule has 0 nitrogen and oxygen atoms in total. The van der Waals surface area contributed by atoms with Gasteiger partial charge in [-0.2, -0.15) is 0 Å². The molecule has 0 saturated carbocycles. The molecule has 0 fully saturated rings. The Bertz CT molecular complexity index is 804. The Morgan fingerprint density at radius 2 is 1.00 bits per heavy atom. The first-order valence-corrected chi connectivity index (χ1v) is 8.23. The summed E-state index contributed by atoms with van der Waals surface area (Å²) in [5, 5.41) is 2.71. The second-order valence-corrected chi connectivity index (χ2v) is 8.74. The average Bonchev–Trinajstić information content (AvgIpc) is 3.25. The van der Waals surface area contributed by atoms with E-state index >= 15 is 0 Å². The van der Waals surface area contributed by atoms with Gasteiger partial charge in [0.2, 0.25) is 0 Å². The zero-order valence-corrected chi connectivity index (χ0v) is 14.5. The van der Waals surface area contributed by atoms with Crippen molar-refractivity contribution in [3.8, 4) is 0 Å². The molecule has 0 N–H and O–H groups in total. The highest BCUT2D eigenvalue weighted by Gasteiger charge is 2.48. The topological polar surface area (TPSA) is 0 Å². The smallest absolute Gasteiger partial charge is 0.00198 e. The molecule has 0 bridgehead atoms. The van der Waals surface area contributed by atoms with Gasteiger partial charge in [-0.25, -0.2) is 0 Å². The monoisotopic (exact) mass is 288 g/mol. The molecule has 2 aromatic carbocycles. The third-order valence-electron chi connectivity index (χ3n) is 4.80. The van der Waals surface area contributed by atoms with E-state index in [4.69, 9.17) is 0 Å². The molecule has 22 heavy (non-hydrogen) atoms. The second kappa shape index (κ2) is 3.93. The van der Waals surface area contributed by atoms with Crippen LogP contribution in [0, 0.1) is 10.8 Å². The van der Waals surface area contributed by atoms with Crippen molar-refractivity contribution >= 4 is 16.3 Å². The van der Waals surface area contributed by atoms with Crippen LogP contribution in [0.1, 0.15) is 52.7 Å². The standard InChI is InChI=1S/C22H24/c1-21(2,3)19-18(20(19)22(4,5)6)17-15-11-13-9-7-8-10-14(13)12-16(15)17/h7-12H,1-6H3. The van der Waals surface area contributed by atoms with E-state index in [1.807, 2.05) is 0 Å². The predicted octanol–water partition coefficient (Wildman–Crippen LogP) is 6.36. The Morgan fingerprint density at radius 3 is 1.36 bits per heavy atom. The van der Waals surface area contributed by atoms with Crippen molar-refractivity contribution in [1.82, 2.24) is 0 Å². The normalized spacial score (nSPS) is 17.2. The van der Waals surface area contributed by atoms with Crippen LogP contribution in [0.25, 0.3) is 16.3 Å². The Hall–Kier alpha value is -1.82. The van der Waals surface area contributed by atoms with Crippen molar-refractivity contribution in [2.24, 2.45) is 10.8 Å². The van der Waals surface area contributed by atoms with Crippen LogP contribution in [0.3, 0.4) is 0 Å². The van der Waals surface area contributed by atoms with Gasteiger partial charge in [-0.05, 0) is 67.2 Å². The number of allylic oxidation sites excluding steroid dienone is 3. The van der Waals surface area contributed by atoms with Gasteiger partial charge in [-0.15, -0.1) is 0 Å². The predicted molar refractivity (Wildman–Crippen MR) is 95.9 cm³/mol. The molecular weight excluding hydrogens is 264 g/mol. The molecule has 0 aliphatic heterocycles. The summed E-state index contributed by atoms with van der Waals surface area (Å²) in [6, 6.07) is 13.4. The summed E-state index contributed by atoms with van der Waals surface area (Å²) in [5.41, 5.74) is 9.68. The number of benzene rings is 2. The van der Waals surface area contributed by atoms with Gasteiger partial charge in [0.05, 0.1) is 0 Å². The summed E-state index contributed by atoms with van der Waals surface area (Å²) in [4.78, 5) is 0. The molecule has 0 spiro atoms. The highest BCUT2D eigenvalue weighted by Crippen LogP contribution is 2.64. The van der Waals surface area contributed by atoms with E-state index in [1.165, 1.54) is 27.5 Å². The van der Waals surface area contributed by atoms with Gasteiger partial charge in [0.1, 0.15) is 0 Å². The number of hydrogen-bond acceptors (Lipinski definition) is 0. The van der Waals surface area contributed by atoms with Gasteiger partial charge in [0, 0.05) is 0 Å². The van der Waals surface area contributed by atoms with Crippen LogP contribution in [0.4, 0.5) is 0 Å². The van der Waals surface area contributed by atoms with Gasteiger partial charge < -0.3 is 0 Å². The third kappa shape index (κ3) is 1.90. The van der Waals surface area contributed by atoms with Gasteiger partial charge in [0.15, 0.2) is 0 Å². The molecule has 0 amide bonds. The molecule has 0 heterocycles. The molecule has 0 radical (unpaired) electrons. The quantitative estimate of drug-likeness (QED) is 0.451. The summed E-state index contributed by atoms with van der Waals surface area (Å²) >= 11 is 0. The van der Waals surface area contributed by atoms with Crippen LogP contribution in [-0.4, -0.2) is 0 Å². The van der Waals surface area contributed by atoms with Gasteiger partial charge in [-0.3, -0.25) is 0 Å². The number of rotatable bonds is 0. The fourth-order valence-corrected chi connectivity index (χ4v) is 3.81. The Kier molecular flexibility index (Phi) is 2.47. The molecular formula is C22H24. The Balaban J connectivity index is 1.86. The molecule has 0 heteroatoms. The molecule has 2 aliphatic rings. The first kappa shape index (κ1) is 13.8. The molecule has 4 rings (SSSR count). The van der Waals surface area contributed by atoms with E-state index in [0.29, 0.717) is 0 Å². The fourth-order valence-electron chi connectivity index (χ4n) is 3.81. The van der Waals surface area contributed by atoms with Crippen molar-refractivity contribution in [1.29, 1.82) is 0 Å². The lowest BCUT2D eigenvalue weighted by Gasteiger charge is -2.15.